The summed E-state index contributed by atoms with van der Waals surface area (Å²) in [7, 11) is 0. The molecule has 0 amide bonds. The fraction of sp³-hybridized carbons (Fsp3) is 0.200. The van der Waals surface area contributed by atoms with E-state index in [-0.39, 0.29) is 0 Å². The van der Waals surface area contributed by atoms with Crippen LogP contribution in [0, 0.1) is 0 Å². The zero-order valence-electron chi connectivity index (χ0n) is 6.77. The molecule has 1 heterocycles. The van der Waals surface area contributed by atoms with E-state index >= 15 is 0 Å². The van der Waals surface area contributed by atoms with Crippen molar-refractivity contribution in [2.24, 2.45) is 10.2 Å². The summed E-state index contributed by atoms with van der Waals surface area (Å²) in [6.45, 7) is 0. The van der Waals surface area contributed by atoms with Gasteiger partial charge in [0.2, 0.25) is 0 Å². The Balaban J connectivity index is 2.05. The molecule has 2 nitrogen and oxygen atoms in total. The highest BCUT2D eigenvalue weighted by atomic mass is 15.2. The largest absolute Gasteiger partial charge is 0.163 e. The van der Waals surface area contributed by atoms with Gasteiger partial charge in [-0.3, -0.25) is 0 Å². The Morgan fingerprint density at radius 3 is 2.67 bits per heavy atom. The molecular weight excluding hydrogens is 148 g/mol. The molecule has 0 unspecified atom stereocenters. The minimum Gasteiger partial charge on any atom is -0.163 e. The Labute approximate surface area is 71.6 Å². The molecule has 0 bridgehead atoms. The minimum atomic E-state index is 0.912. The predicted molar refractivity (Wildman–Crippen MR) is 50.7 cm³/mol. The van der Waals surface area contributed by atoms with Gasteiger partial charge in [0.15, 0.2) is 0 Å². The molecule has 1 aromatic carbocycles. The molecule has 60 valence electrons. The van der Waals surface area contributed by atoms with Crippen molar-refractivity contribution in [3.05, 3.63) is 35.9 Å². The second-order valence-electron chi connectivity index (χ2n) is 2.83. The molecule has 0 saturated carbocycles. The highest BCUT2D eigenvalue weighted by molar-refractivity contribution is 5.99. The molecule has 0 aromatic heterocycles. The van der Waals surface area contributed by atoms with Gasteiger partial charge in [0, 0.05) is 19.1 Å². The highest BCUT2D eigenvalue weighted by Crippen LogP contribution is 2.05. The Hall–Kier alpha value is -1.44. The maximum Gasteiger partial charge on any atom is 0.0503 e. The van der Waals surface area contributed by atoms with Crippen molar-refractivity contribution in [2.45, 2.75) is 12.8 Å². The zero-order chi connectivity index (χ0) is 8.23. The SMILES string of the molecule is C1=NN=C(Cc2ccccc2)C1. The molecular formula is C10H10N2. The summed E-state index contributed by atoms with van der Waals surface area (Å²) in [5.41, 5.74) is 2.46. The van der Waals surface area contributed by atoms with Crippen molar-refractivity contribution in [2.75, 3.05) is 0 Å². The van der Waals surface area contributed by atoms with Gasteiger partial charge in [-0.15, -0.1) is 0 Å². The molecule has 2 rings (SSSR count). The van der Waals surface area contributed by atoms with Gasteiger partial charge in [0.1, 0.15) is 0 Å². The van der Waals surface area contributed by atoms with Gasteiger partial charge >= 0.3 is 0 Å². The van der Waals surface area contributed by atoms with Crippen LogP contribution in [-0.4, -0.2) is 11.9 Å². The molecule has 1 aliphatic rings. The molecule has 0 fully saturated rings. The van der Waals surface area contributed by atoms with E-state index in [0.717, 1.165) is 18.6 Å². The molecule has 2 heteroatoms. The molecule has 0 spiro atoms. The van der Waals surface area contributed by atoms with Crippen LogP contribution in [0.4, 0.5) is 0 Å². The number of hydrogen-bond acceptors (Lipinski definition) is 2. The van der Waals surface area contributed by atoms with Gasteiger partial charge in [-0.05, 0) is 5.56 Å². The normalized spacial score (nSPS) is 14.8. The lowest BCUT2D eigenvalue weighted by Crippen LogP contribution is -1.99. The third-order valence-corrected chi connectivity index (χ3v) is 1.86. The predicted octanol–water partition coefficient (Wildman–Crippen LogP) is 2.06. The standard InChI is InChI=1S/C10H10N2/c1-2-4-9(5-3-1)8-10-6-7-11-12-10/h1-5,7H,6,8H2. The summed E-state index contributed by atoms with van der Waals surface area (Å²) in [4.78, 5) is 0. The van der Waals surface area contributed by atoms with Gasteiger partial charge in [0.05, 0.1) is 5.71 Å². The molecule has 0 aliphatic carbocycles. The Morgan fingerprint density at radius 2 is 2.00 bits per heavy atom. The van der Waals surface area contributed by atoms with E-state index in [1.165, 1.54) is 5.56 Å². The second-order valence-corrected chi connectivity index (χ2v) is 2.83. The smallest absolute Gasteiger partial charge is 0.0503 e. The lowest BCUT2D eigenvalue weighted by Gasteiger charge is -1.97. The first kappa shape index (κ1) is 7.22. The first-order chi connectivity index (χ1) is 5.95. The maximum absolute atomic E-state index is 4.02. The first-order valence-electron chi connectivity index (χ1n) is 4.06. The highest BCUT2D eigenvalue weighted by Gasteiger charge is 2.02. The van der Waals surface area contributed by atoms with Crippen molar-refractivity contribution in [3.63, 3.8) is 0 Å². The summed E-state index contributed by atoms with van der Waals surface area (Å²) in [5.74, 6) is 0. The van der Waals surface area contributed by atoms with E-state index in [4.69, 9.17) is 0 Å². The van der Waals surface area contributed by atoms with Crippen molar-refractivity contribution < 1.29 is 0 Å². The van der Waals surface area contributed by atoms with E-state index in [2.05, 4.69) is 22.3 Å². The lowest BCUT2D eigenvalue weighted by atomic mass is 10.1. The van der Waals surface area contributed by atoms with Crippen LogP contribution in [0.2, 0.25) is 0 Å². The van der Waals surface area contributed by atoms with Crippen LogP contribution in [0.3, 0.4) is 0 Å². The molecule has 1 aliphatic heterocycles. The van der Waals surface area contributed by atoms with E-state index in [1.54, 1.807) is 0 Å². The van der Waals surface area contributed by atoms with Gasteiger partial charge in [-0.25, -0.2) is 0 Å². The number of rotatable bonds is 2. The van der Waals surface area contributed by atoms with E-state index in [0.29, 0.717) is 0 Å². The fourth-order valence-corrected chi connectivity index (χ4v) is 1.25. The first-order valence-corrected chi connectivity index (χ1v) is 4.06. The van der Waals surface area contributed by atoms with Crippen LogP contribution in [0.15, 0.2) is 40.5 Å². The minimum absolute atomic E-state index is 0.912. The summed E-state index contributed by atoms with van der Waals surface area (Å²) >= 11 is 0. The van der Waals surface area contributed by atoms with Crippen molar-refractivity contribution in [1.82, 2.24) is 0 Å². The Kier molecular flexibility index (Phi) is 1.99. The van der Waals surface area contributed by atoms with Crippen LogP contribution in [0.5, 0.6) is 0 Å². The van der Waals surface area contributed by atoms with Crippen LogP contribution < -0.4 is 0 Å². The van der Waals surface area contributed by atoms with Gasteiger partial charge < -0.3 is 0 Å². The fourth-order valence-electron chi connectivity index (χ4n) is 1.25. The number of nitrogens with zero attached hydrogens (tertiary/aromatic N) is 2. The molecule has 0 saturated heterocycles. The summed E-state index contributed by atoms with van der Waals surface area (Å²) in [6.07, 6.45) is 3.69. The summed E-state index contributed by atoms with van der Waals surface area (Å²) in [5, 5.41) is 7.84. The number of benzene rings is 1. The van der Waals surface area contributed by atoms with Crippen LogP contribution in [0.25, 0.3) is 0 Å². The van der Waals surface area contributed by atoms with Gasteiger partial charge in [0.25, 0.3) is 0 Å². The Morgan fingerprint density at radius 1 is 1.17 bits per heavy atom. The van der Waals surface area contributed by atoms with Crippen LogP contribution >= 0.6 is 0 Å². The van der Waals surface area contributed by atoms with Crippen LogP contribution in [0.1, 0.15) is 12.0 Å². The second kappa shape index (κ2) is 3.30. The lowest BCUT2D eigenvalue weighted by molar-refractivity contribution is 1.22. The van der Waals surface area contributed by atoms with E-state index in [9.17, 15) is 0 Å². The van der Waals surface area contributed by atoms with Gasteiger partial charge in [-0.1, -0.05) is 30.3 Å². The average molecular weight is 158 g/mol. The van der Waals surface area contributed by atoms with Crippen molar-refractivity contribution in [1.29, 1.82) is 0 Å². The van der Waals surface area contributed by atoms with Crippen molar-refractivity contribution >= 4 is 11.9 Å². The molecule has 1 aromatic rings. The number of hydrogen-bond donors (Lipinski definition) is 0. The molecule has 0 atom stereocenters. The zero-order valence-corrected chi connectivity index (χ0v) is 6.77. The van der Waals surface area contributed by atoms with Gasteiger partial charge in [-0.2, -0.15) is 10.2 Å². The Bertz CT molecular complexity index is 312. The van der Waals surface area contributed by atoms with E-state index in [1.807, 2.05) is 24.4 Å². The monoisotopic (exact) mass is 158 g/mol. The molecule has 0 N–H and O–H groups in total. The third-order valence-electron chi connectivity index (χ3n) is 1.86. The van der Waals surface area contributed by atoms with Crippen molar-refractivity contribution in [3.8, 4) is 0 Å². The summed E-state index contributed by atoms with van der Waals surface area (Å²) in [6, 6.07) is 10.3. The maximum atomic E-state index is 4.02. The third kappa shape index (κ3) is 1.59. The van der Waals surface area contributed by atoms with Crippen LogP contribution in [-0.2, 0) is 6.42 Å². The van der Waals surface area contributed by atoms with E-state index < -0.39 is 0 Å². The summed E-state index contributed by atoms with van der Waals surface area (Å²) < 4.78 is 0. The molecule has 0 radical (unpaired) electrons. The topological polar surface area (TPSA) is 24.7 Å². The molecule has 12 heavy (non-hydrogen) atoms. The average Bonchev–Trinajstić information content (AvgIpc) is 2.59. The quantitative estimate of drug-likeness (QED) is 0.629.